The van der Waals surface area contributed by atoms with E-state index in [1.165, 1.54) is 19.2 Å². The summed E-state index contributed by atoms with van der Waals surface area (Å²) in [6.07, 6.45) is -4.62. The Labute approximate surface area is 156 Å². The van der Waals surface area contributed by atoms with Gasteiger partial charge in [0, 0.05) is 7.05 Å². The zero-order valence-electron chi connectivity index (χ0n) is 14.5. The molecule has 4 nitrogen and oxygen atoms in total. The van der Waals surface area contributed by atoms with Crippen molar-refractivity contribution < 1.29 is 21.8 Å². The fourth-order valence-corrected chi connectivity index (χ4v) is 3.18. The minimum absolute atomic E-state index is 0.123. The zero-order valence-corrected chi connectivity index (χ0v) is 16.1. The highest BCUT2D eigenvalue weighted by atomic mass is 35.5. The summed E-state index contributed by atoms with van der Waals surface area (Å²) in [5.41, 5.74) is -0.583. The summed E-state index contributed by atoms with van der Waals surface area (Å²) in [5.74, 6) is -0.660. The van der Waals surface area contributed by atoms with Crippen LogP contribution in [-0.2, 0) is 24.2 Å². The number of rotatable bonds is 4. The monoisotopic (exact) mass is 411 g/mol. The summed E-state index contributed by atoms with van der Waals surface area (Å²) in [5, 5.41) is 3.30. The number of aromatic nitrogens is 2. The number of nitrogens with zero attached hydrogens (tertiary/aromatic N) is 2. The first kappa shape index (κ1) is 20.9. The smallest absolute Gasteiger partial charge is 0.270 e. The quantitative estimate of drug-likeness (QED) is 0.759. The minimum Gasteiger partial charge on any atom is -0.270 e. The number of aryl methyl sites for hydroxylation is 1. The van der Waals surface area contributed by atoms with E-state index in [-0.39, 0.29) is 10.7 Å². The van der Waals surface area contributed by atoms with Crippen molar-refractivity contribution in [3.63, 3.8) is 0 Å². The molecule has 26 heavy (non-hydrogen) atoms. The van der Waals surface area contributed by atoms with Gasteiger partial charge in [0.05, 0.1) is 32.5 Å². The molecule has 2 unspecified atom stereocenters. The van der Waals surface area contributed by atoms with E-state index in [9.17, 15) is 21.8 Å². The third-order valence-corrected chi connectivity index (χ3v) is 5.41. The lowest BCUT2D eigenvalue weighted by molar-refractivity contribution is -0.141. The van der Waals surface area contributed by atoms with Crippen LogP contribution in [0.1, 0.15) is 43.8 Å². The van der Waals surface area contributed by atoms with Crippen molar-refractivity contribution in [2.24, 2.45) is 7.05 Å². The van der Waals surface area contributed by atoms with Crippen LogP contribution in [0.3, 0.4) is 0 Å². The molecule has 2 atom stereocenters. The van der Waals surface area contributed by atoms with Crippen molar-refractivity contribution >= 4 is 22.6 Å². The van der Waals surface area contributed by atoms with Crippen LogP contribution >= 0.6 is 11.6 Å². The molecule has 0 saturated heterocycles. The topological polar surface area (TPSA) is 46.9 Å². The molecule has 0 saturated carbocycles. The molecule has 0 spiro atoms. The van der Waals surface area contributed by atoms with Crippen LogP contribution in [0.4, 0.5) is 17.6 Å². The molecule has 10 heteroatoms. The van der Waals surface area contributed by atoms with Crippen molar-refractivity contribution in [3.05, 3.63) is 52.1 Å². The molecule has 0 aliphatic heterocycles. The summed E-state index contributed by atoms with van der Waals surface area (Å²) in [7, 11) is -0.258. The fraction of sp³-hybridized carbons (Fsp3) is 0.438. The number of halogens is 5. The number of hydrogen-bond acceptors (Lipinski definition) is 2. The summed E-state index contributed by atoms with van der Waals surface area (Å²) >= 11 is 5.81. The number of alkyl halides is 3. The third kappa shape index (κ3) is 4.63. The Kier molecular flexibility index (Phi) is 5.84. The Bertz CT molecular complexity index is 830. The van der Waals surface area contributed by atoms with E-state index in [0.717, 1.165) is 16.8 Å². The van der Waals surface area contributed by atoms with Gasteiger partial charge in [-0.2, -0.15) is 18.3 Å². The Morgan fingerprint density at radius 1 is 1.23 bits per heavy atom. The standard InChI is InChI=1S/C16H18ClF4N3OS/c1-15(2,3)26(25)23-14(9-5-6-11(18)10(17)7-9)12-8-13(16(19,20)21)22-24(12)4/h5-8,14,23H,1-4H3. The first-order valence-electron chi connectivity index (χ1n) is 7.55. The second-order valence-corrected chi connectivity index (χ2v) is 9.09. The van der Waals surface area contributed by atoms with Crippen molar-refractivity contribution in [2.75, 3.05) is 0 Å². The molecular weight excluding hydrogens is 394 g/mol. The van der Waals surface area contributed by atoms with E-state index in [0.29, 0.717) is 5.56 Å². The van der Waals surface area contributed by atoms with Crippen LogP contribution in [0, 0.1) is 5.82 Å². The van der Waals surface area contributed by atoms with Gasteiger partial charge in [-0.1, -0.05) is 17.7 Å². The Balaban J connectivity index is 2.55. The second kappa shape index (κ2) is 7.28. The van der Waals surface area contributed by atoms with Gasteiger partial charge in [-0.15, -0.1) is 0 Å². The van der Waals surface area contributed by atoms with E-state index in [4.69, 9.17) is 11.6 Å². The van der Waals surface area contributed by atoms with E-state index >= 15 is 0 Å². The van der Waals surface area contributed by atoms with Crippen LogP contribution < -0.4 is 4.72 Å². The van der Waals surface area contributed by atoms with Gasteiger partial charge in [0.2, 0.25) is 0 Å². The fourth-order valence-electron chi connectivity index (χ4n) is 2.17. The molecule has 1 aromatic carbocycles. The maximum absolute atomic E-state index is 13.5. The van der Waals surface area contributed by atoms with E-state index < -0.39 is 39.5 Å². The highest BCUT2D eigenvalue weighted by molar-refractivity contribution is 7.84. The lowest BCUT2D eigenvalue weighted by Crippen LogP contribution is -2.36. The Hall–Kier alpha value is -1.45. The van der Waals surface area contributed by atoms with E-state index in [1.54, 1.807) is 20.8 Å². The molecule has 1 heterocycles. The normalized spacial score (nSPS) is 15.1. The van der Waals surface area contributed by atoms with Gasteiger partial charge in [0.25, 0.3) is 0 Å². The van der Waals surface area contributed by atoms with E-state index in [1.807, 2.05) is 0 Å². The van der Waals surface area contributed by atoms with Crippen LogP contribution in [0.15, 0.2) is 24.3 Å². The van der Waals surface area contributed by atoms with Gasteiger partial charge < -0.3 is 0 Å². The molecule has 2 rings (SSSR count). The highest BCUT2D eigenvalue weighted by Crippen LogP contribution is 2.33. The average Bonchev–Trinajstić information content (AvgIpc) is 2.88. The molecular formula is C16H18ClF4N3OS. The maximum atomic E-state index is 13.5. The third-order valence-electron chi connectivity index (χ3n) is 3.56. The molecule has 0 aliphatic carbocycles. The average molecular weight is 412 g/mol. The molecule has 0 fully saturated rings. The molecule has 144 valence electrons. The number of hydrogen-bond donors (Lipinski definition) is 1. The van der Waals surface area contributed by atoms with Gasteiger partial charge in [0.1, 0.15) is 5.82 Å². The van der Waals surface area contributed by atoms with Crippen molar-refractivity contribution in [3.8, 4) is 0 Å². The molecule has 0 radical (unpaired) electrons. The van der Waals surface area contributed by atoms with Gasteiger partial charge in [-0.3, -0.25) is 4.68 Å². The predicted molar refractivity (Wildman–Crippen MR) is 92.5 cm³/mol. The summed E-state index contributed by atoms with van der Waals surface area (Å²) in [6.45, 7) is 5.15. The molecule has 1 N–H and O–H groups in total. The molecule has 2 aromatic rings. The van der Waals surface area contributed by atoms with Gasteiger partial charge in [-0.05, 0) is 44.5 Å². The molecule has 0 amide bonds. The molecule has 1 aromatic heterocycles. The van der Waals surface area contributed by atoms with Crippen LogP contribution in [-0.4, -0.2) is 18.7 Å². The lowest BCUT2D eigenvalue weighted by Gasteiger charge is -2.25. The summed E-state index contributed by atoms with van der Waals surface area (Å²) in [4.78, 5) is 0. The number of benzene rings is 1. The highest BCUT2D eigenvalue weighted by Gasteiger charge is 2.36. The number of nitrogens with one attached hydrogen (secondary N) is 1. The first-order chi connectivity index (χ1) is 11.8. The lowest BCUT2D eigenvalue weighted by atomic mass is 10.0. The van der Waals surface area contributed by atoms with Crippen molar-refractivity contribution in [1.29, 1.82) is 0 Å². The largest absolute Gasteiger partial charge is 0.435 e. The zero-order chi connectivity index (χ0) is 19.9. The predicted octanol–water partition coefficient (Wildman–Crippen LogP) is 4.37. The molecule has 0 aliphatic rings. The van der Waals surface area contributed by atoms with Crippen molar-refractivity contribution in [1.82, 2.24) is 14.5 Å². The van der Waals surface area contributed by atoms with Crippen LogP contribution in [0.2, 0.25) is 5.02 Å². The van der Waals surface area contributed by atoms with Crippen LogP contribution in [0.25, 0.3) is 0 Å². The Morgan fingerprint density at radius 2 is 1.85 bits per heavy atom. The second-order valence-electron chi connectivity index (χ2n) is 6.68. The SMILES string of the molecule is Cn1nc(C(F)(F)F)cc1C(NS(=O)C(C)(C)C)c1ccc(F)c(Cl)c1. The molecule has 0 bridgehead atoms. The van der Waals surface area contributed by atoms with Gasteiger partial charge in [0.15, 0.2) is 5.69 Å². The summed E-state index contributed by atoms with van der Waals surface area (Å²) < 4.78 is 68.2. The van der Waals surface area contributed by atoms with Crippen molar-refractivity contribution in [2.45, 2.75) is 37.7 Å². The van der Waals surface area contributed by atoms with E-state index in [2.05, 4.69) is 9.82 Å². The minimum atomic E-state index is -4.62. The Morgan fingerprint density at radius 3 is 2.31 bits per heavy atom. The van der Waals surface area contributed by atoms with Gasteiger partial charge >= 0.3 is 6.18 Å². The first-order valence-corrected chi connectivity index (χ1v) is 9.07. The maximum Gasteiger partial charge on any atom is 0.435 e. The van der Waals surface area contributed by atoms with Gasteiger partial charge in [-0.25, -0.2) is 13.3 Å². The summed E-state index contributed by atoms with van der Waals surface area (Å²) in [6, 6.07) is 3.71. The van der Waals surface area contributed by atoms with Crippen LogP contribution in [0.5, 0.6) is 0 Å².